The highest BCUT2D eigenvalue weighted by Gasteiger charge is 2.24. The largest absolute Gasteiger partial charge is 0.382 e. The Kier molecular flexibility index (Phi) is 3.84. The van der Waals surface area contributed by atoms with E-state index in [1.165, 1.54) is 23.2 Å². The number of anilines is 2. The molecule has 2 aliphatic heterocycles. The van der Waals surface area contributed by atoms with E-state index < -0.39 is 10.0 Å². The number of benzene rings is 1. The van der Waals surface area contributed by atoms with E-state index in [0.29, 0.717) is 19.1 Å². The minimum atomic E-state index is -3.06. The first kappa shape index (κ1) is 14.7. The van der Waals surface area contributed by atoms with E-state index in [2.05, 4.69) is 35.3 Å². The molecule has 1 atom stereocenters. The third-order valence-corrected chi connectivity index (χ3v) is 5.71. The van der Waals surface area contributed by atoms with E-state index in [1.54, 1.807) is 4.31 Å². The summed E-state index contributed by atoms with van der Waals surface area (Å²) in [5.41, 5.74) is 3.82. The molecule has 1 N–H and O–H groups in total. The summed E-state index contributed by atoms with van der Waals surface area (Å²) in [5.74, 6) is 0. The maximum Gasteiger partial charge on any atom is 0.211 e. The zero-order valence-electron chi connectivity index (χ0n) is 12.7. The Bertz CT molecular complexity index is 622. The number of aryl methyl sites for hydroxylation is 1. The van der Waals surface area contributed by atoms with Gasteiger partial charge < -0.3 is 10.2 Å². The van der Waals surface area contributed by atoms with E-state index in [0.717, 1.165) is 25.9 Å². The molecule has 0 spiro atoms. The molecule has 6 heteroatoms. The van der Waals surface area contributed by atoms with Crippen molar-refractivity contribution in [3.8, 4) is 0 Å². The van der Waals surface area contributed by atoms with Crippen LogP contribution in [0.4, 0.5) is 11.4 Å². The summed E-state index contributed by atoms with van der Waals surface area (Å²) in [5, 5.41) is 3.51. The van der Waals surface area contributed by atoms with Crippen LogP contribution in [0.2, 0.25) is 0 Å². The Hall–Kier alpha value is -1.27. The van der Waals surface area contributed by atoms with Gasteiger partial charge in [0.1, 0.15) is 0 Å². The molecule has 2 aliphatic rings. The first-order valence-electron chi connectivity index (χ1n) is 7.53. The molecule has 0 saturated carbocycles. The number of nitrogens with one attached hydrogen (secondary N) is 1. The fourth-order valence-electron chi connectivity index (χ4n) is 3.11. The predicted molar refractivity (Wildman–Crippen MR) is 86.5 cm³/mol. The zero-order chi connectivity index (χ0) is 15.0. The standard InChI is InChI=1S/C15H23N3O2S/c1-12-3-4-13-11-14(5-6-15(13)16-12)17-7-9-18(10-8-17)21(2,19)20/h5-6,11-12,16H,3-4,7-10H2,1-2H3. The highest BCUT2D eigenvalue weighted by molar-refractivity contribution is 7.88. The van der Waals surface area contributed by atoms with Gasteiger partial charge in [0.2, 0.25) is 10.0 Å². The number of piperazine rings is 1. The molecular formula is C15H23N3O2S. The Balaban J connectivity index is 1.72. The van der Waals surface area contributed by atoms with E-state index >= 15 is 0 Å². The molecule has 0 amide bonds. The smallest absolute Gasteiger partial charge is 0.211 e. The lowest BCUT2D eigenvalue weighted by Crippen LogP contribution is -2.48. The highest BCUT2D eigenvalue weighted by atomic mass is 32.2. The summed E-state index contributed by atoms with van der Waals surface area (Å²) in [6.07, 6.45) is 3.56. The van der Waals surface area contributed by atoms with Gasteiger partial charge in [-0.1, -0.05) is 0 Å². The molecule has 1 saturated heterocycles. The van der Waals surface area contributed by atoms with E-state index in [1.807, 2.05) is 0 Å². The molecule has 1 aromatic carbocycles. The Morgan fingerprint density at radius 3 is 2.57 bits per heavy atom. The highest BCUT2D eigenvalue weighted by Crippen LogP contribution is 2.29. The molecule has 116 valence electrons. The molecule has 21 heavy (non-hydrogen) atoms. The topological polar surface area (TPSA) is 52.7 Å². The Labute approximate surface area is 127 Å². The number of sulfonamides is 1. The van der Waals surface area contributed by atoms with Gasteiger partial charge in [-0.2, -0.15) is 4.31 Å². The number of hydrogen-bond donors (Lipinski definition) is 1. The second-order valence-electron chi connectivity index (χ2n) is 6.07. The van der Waals surface area contributed by atoms with Crippen LogP contribution in [0.15, 0.2) is 18.2 Å². The second kappa shape index (κ2) is 5.50. The van der Waals surface area contributed by atoms with Crippen LogP contribution in [0.1, 0.15) is 18.9 Å². The third kappa shape index (κ3) is 3.16. The fraction of sp³-hybridized carbons (Fsp3) is 0.600. The molecule has 1 aromatic rings. The van der Waals surface area contributed by atoms with E-state index in [4.69, 9.17) is 0 Å². The minimum Gasteiger partial charge on any atom is -0.382 e. The second-order valence-corrected chi connectivity index (χ2v) is 8.06. The Morgan fingerprint density at radius 1 is 1.19 bits per heavy atom. The van der Waals surface area contributed by atoms with Crippen molar-refractivity contribution in [3.63, 3.8) is 0 Å². The van der Waals surface area contributed by atoms with Gasteiger partial charge in [-0.15, -0.1) is 0 Å². The average molecular weight is 309 g/mol. The van der Waals surface area contributed by atoms with Gasteiger partial charge in [-0.25, -0.2) is 8.42 Å². The molecule has 0 bridgehead atoms. The lowest BCUT2D eigenvalue weighted by Gasteiger charge is -2.35. The summed E-state index contributed by atoms with van der Waals surface area (Å²) in [6, 6.07) is 7.09. The molecule has 2 heterocycles. The van der Waals surface area contributed by atoms with Crippen LogP contribution in [0.25, 0.3) is 0 Å². The van der Waals surface area contributed by atoms with Crippen molar-refractivity contribution in [1.82, 2.24) is 4.31 Å². The van der Waals surface area contributed by atoms with Crippen LogP contribution in [0.5, 0.6) is 0 Å². The van der Waals surface area contributed by atoms with Crippen LogP contribution in [0.3, 0.4) is 0 Å². The lowest BCUT2D eigenvalue weighted by molar-refractivity contribution is 0.388. The van der Waals surface area contributed by atoms with Gasteiger partial charge >= 0.3 is 0 Å². The lowest BCUT2D eigenvalue weighted by atomic mass is 9.98. The van der Waals surface area contributed by atoms with Crippen molar-refractivity contribution < 1.29 is 8.42 Å². The predicted octanol–water partition coefficient (Wildman–Crippen LogP) is 1.51. The fourth-order valence-corrected chi connectivity index (χ4v) is 3.94. The molecule has 0 aromatic heterocycles. The summed E-state index contributed by atoms with van der Waals surface area (Å²) >= 11 is 0. The van der Waals surface area contributed by atoms with Gasteiger partial charge in [-0.3, -0.25) is 0 Å². The normalized spacial score (nSPS) is 23.5. The quantitative estimate of drug-likeness (QED) is 0.900. The maximum atomic E-state index is 11.6. The van der Waals surface area contributed by atoms with Crippen molar-refractivity contribution in [3.05, 3.63) is 23.8 Å². The molecule has 1 fully saturated rings. The van der Waals surface area contributed by atoms with Crippen molar-refractivity contribution >= 4 is 21.4 Å². The molecular weight excluding hydrogens is 286 g/mol. The first-order chi connectivity index (χ1) is 9.93. The van der Waals surface area contributed by atoms with Crippen molar-refractivity contribution in [2.24, 2.45) is 0 Å². The molecule has 5 nitrogen and oxygen atoms in total. The zero-order valence-corrected chi connectivity index (χ0v) is 13.5. The van der Waals surface area contributed by atoms with E-state index in [9.17, 15) is 8.42 Å². The average Bonchev–Trinajstić information content (AvgIpc) is 2.46. The van der Waals surface area contributed by atoms with Crippen LogP contribution < -0.4 is 10.2 Å². The first-order valence-corrected chi connectivity index (χ1v) is 9.38. The summed E-state index contributed by atoms with van der Waals surface area (Å²) in [6.45, 7) is 4.88. The minimum absolute atomic E-state index is 0.543. The van der Waals surface area contributed by atoms with Crippen molar-refractivity contribution in [1.29, 1.82) is 0 Å². The monoisotopic (exact) mass is 309 g/mol. The van der Waals surface area contributed by atoms with Crippen LogP contribution >= 0.6 is 0 Å². The third-order valence-electron chi connectivity index (χ3n) is 4.41. The number of rotatable bonds is 2. The van der Waals surface area contributed by atoms with Crippen LogP contribution in [-0.2, 0) is 16.4 Å². The molecule has 0 aliphatic carbocycles. The summed E-state index contributed by atoms with van der Waals surface area (Å²) < 4.78 is 24.7. The van der Waals surface area contributed by atoms with Gasteiger partial charge in [0.05, 0.1) is 6.26 Å². The summed E-state index contributed by atoms with van der Waals surface area (Å²) in [7, 11) is -3.06. The summed E-state index contributed by atoms with van der Waals surface area (Å²) in [4.78, 5) is 2.28. The number of nitrogens with zero attached hydrogens (tertiary/aromatic N) is 2. The molecule has 1 unspecified atom stereocenters. The SMILES string of the molecule is CC1CCc2cc(N3CCN(S(C)(=O)=O)CC3)ccc2N1. The van der Waals surface area contributed by atoms with Gasteiger partial charge in [0.25, 0.3) is 0 Å². The number of hydrogen-bond acceptors (Lipinski definition) is 4. The van der Waals surface area contributed by atoms with E-state index in [-0.39, 0.29) is 0 Å². The van der Waals surface area contributed by atoms with Gasteiger partial charge in [-0.05, 0) is 43.5 Å². The molecule has 0 radical (unpaired) electrons. The van der Waals surface area contributed by atoms with Gasteiger partial charge in [0.15, 0.2) is 0 Å². The Morgan fingerprint density at radius 2 is 1.90 bits per heavy atom. The van der Waals surface area contributed by atoms with Crippen molar-refractivity contribution in [2.75, 3.05) is 42.7 Å². The van der Waals surface area contributed by atoms with Crippen molar-refractivity contribution in [2.45, 2.75) is 25.8 Å². The number of fused-ring (bicyclic) bond motifs is 1. The molecule has 3 rings (SSSR count). The van der Waals surface area contributed by atoms with Crippen LogP contribution in [0, 0.1) is 0 Å². The van der Waals surface area contributed by atoms with Crippen LogP contribution in [-0.4, -0.2) is 51.2 Å². The maximum absolute atomic E-state index is 11.6. The van der Waals surface area contributed by atoms with Gasteiger partial charge in [0, 0.05) is 43.6 Å².